The Morgan fingerprint density at radius 3 is 2.40 bits per heavy atom. The number of benzene rings is 3. The van der Waals surface area contributed by atoms with E-state index < -0.39 is 0 Å². The summed E-state index contributed by atoms with van der Waals surface area (Å²) >= 11 is 1.58. The van der Waals surface area contributed by atoms with E-state index in [9.17, 15) is 4.79 Å². The van der Waals surface area contributed by atoms with Crippen molar-refractivity contribution >= 4 is 45.9 Å². The number of amides is 1. The van der Waals surface area contributed by atoms with Crippen LogP contribution in [-0.4, -0.2) is 20.9 Å². The average Bonchev–Trinajstić information content (AvgIpc) is 2.95. The van der Waals surface area contributed by atoms with Gasteiger partial charge in [-0.25, -0.2) is 15.0 Å². The van der Waals surface area contributed by atoms with E-state index in [0.717, 1.165) is 32.1 Å². The largest absolute Gasteiger partial charge is 0.399 e. The molecule has 3 aromatic carbocycles. The van der Waals surface area contributed by atoms with Gasteiger partial charge in [0.15, 0.2) is 5.65 Å². The first-order chi connectivity index (χ1) is 19.2. The molecular weight excluding hydrogens is 516 g/mol. The van der Waals surface area contributed by atoms with E-state index >= 15 is 0 Å². The molecule has 5 rings (SSSR count). The Labute approximate surface area is 238 Å². The lowest BCUT2D eigenvalue weighted by atomic mass is 9.91. The third-order valence-electron chi connectivity index (χ3n) is 6.52. The van der Waals surface area contributed by atoms with Gasteiger partial charge in [-0.05, 0) is 67.1 Å². The lowest BCUT2D eigenvalue weighted by molar-refractivity contribution is 0.0940. The number of hydrogen-bond acceptors (Lipinski definition) is 7. The number of pyridine rings is 1. The van der Waals surface area contributed by atoms with Crippen LogP contribution in [0.1, 0.15) is 55.4 Å². The lowest BCUT2D eigenvalue weighted by Crippen LogP contribution is -2.26. The van der Waals surface area contributed by atoms with Crippen molar-refractivity contribution in [2.24, 2.45) is 0 Å². The first-order valence-corrected chi connectivity index (χ1v) is 13.9. The van der Waals surface area contributed by atoms with Gasteiger partial charge in [0.2, 0.25) is 0 Å². The van der Waals surface area contributed by atoms with Crippen LogP contribution < -0.4 is 16.4 Å². The summed E-state index contributed by atoms with van der Waals surface area (Å²) in [7, 11) is 0. The van der Waals surface area contributed by atoms with Gasteiger partial charge in [0.05, 0.1) is 17.1 Å². The highest BCUT2D eigenvalue weighted by atomic mass is 32.2. The zero-order chi connectivity index (χ0) is 28.3. The maximum Gasteiger partial charge on any atom is 0.251 e. The third kappa shape index (κ3) is 6.24. The molecule has 5 aromatic rings. The topological polar surface area (TPSA) is 106 Å². The zero-order valence-corrected chi connectivity index (χ0v) is 23.8. The summed E-state index contributed by atoms with van der Waals surface area (Å²) in [6.45, 7) is 8.34. The van der Waals surface area contributed by atoms with Gasteiger partial charge in [0.25, 0.3) is 5.91 Å². The first kappa shape index (κ1) is 27.1. The van der Waals surface area contributed by atoms with E-state index in [2.05, 4.69) is 41.4 Å². The number of rotatable bonds is 7. The van der Waals surface area contributed by atoms with Gasteiger partial charge in [-0.15, -0.1) is 0 Å². The monoisotopic (exact) mass is 548 g/mol. The van der Waals surface area contributed by atoms with E-state index in [1.165, 1.54) is 6.33 Å². The Morgan fingerprint density at radius 1 is 0.925 bits per heavy atom. The number of hydrogen-bond donors (Lipinski definition) is 3. The molecule has 7 nitrogen and oxygen atoms in total. The Morgan fingerprint density at radius 2 is 1.68 bits per heavy atom. The Kier molecular flexibility index (Phi) is 7.71. The molecule has 2 aromatic heterocycles. The number of nitrogens with two attached hydrogens (primary N) is 1. The zero-order valence-electron chi connectivity index (χ0n) is 23.0. The summed E-state index contributed by atoms with van der Waals surface area (Å²) in [5.41, 5.74) is 10.4. The van der Waals surface area contributed by atoms with Crippen molar-refractivity contribution in [3.8, 4) is 0 Å². The fraction of sp³-hybridized carbons (Fsp3) is 0.188. The van der Waals surface area contributed by atoms with Crippen LogP contribution in [0.5, 0.6) is 0 Å². The standard InChI is InChI=1S/C32H32N6OS/c1-20(21-8-6-5-7-9-21)36-31(39)22-10-16-27(40-24-13-11-23(33)12-14-24)26(18-22)37-29-25-15-17-28(32(2,3)4)38-30(25)35-19-34-29/h5-20H,33H2,1-4H3,(H,36,39)(H,34,35,37,38). The fourth-order valence-electron chi connectivity index (χ4n) is 4.21. The molecule has 0 saturated heterocycles. The number of nitrogens with zero attached hydrogens (tertiary/aromatic N) is 3. The minimum Gasteiger partial charge on any atom is -0.399 e. The Hall–Kier alpha value is -4.43. The van der Waals surface area contributed by atoms with Crippen LogP contribution in [0.2, 0.25) is 0 Å². The molecule has 40 heavy (non-hydrogen) atoms. The van der Waals surface area contributed by atoms with Gasteiger partial charge < -0.3 is 16.4 Å². The number of aromatic nitrogens is 3. The van der Waals surface area contributed by atoms with Gasteiger partial charge >= 0.3 is 0 Å². The molecule has 202 valence electrons. The van der Waals surface area contributed by atoms with E-state index in [1.54, 1.807) is 11.8 Å². The van der Waals surface area contributed by atoms with Crippen LogP contribution >= 0.6 is 11.8 Å². The van der Waals surface area contributed by atoms with Crippen molar-refractivity contribution < 1.29 is 4.79 Å². The van der Waals surface area contributed by atoms with Crippen molar-refractivity contribution in [1.29, 1.82) is 0 Å². The number of carbonyl (C=O) groups is 1. The lowest BCUT2D eigenvalue weighted by Gasteiger charge is -2.19. The summed E-state index contributed by atoms with van der Waals surface area (Å²) in [5, 5.41) is 7.37. The third-order valence-corrected chi connectivity index (χ3v) is 7.60. The highest BCUT2D eigenvalue weighted by molar-refractivity contribution is 7.99. The van der Waals surface area contributed by atoms with Crippen molar-refractivity contribution in [2.45, 2.75) is 48.9 Å². The minimum atomic E-state index is -0.160. The van der Waals surface area contributed by atoms with Crippen LogP contribution in [0.25, 0.3) is 11.0 Å². The normalized spacial score (nSPS) is 12.2. The van der Waals surface area contributed by atoms with Crippen LogP contribution in [0, 0.1) is 0 Å². The van der Waals surface area contributed by atoms with Gasteiger partial charge in [-0.2, -0.15) is 0 Å². The molecule has 0 aliphatic heterocycles. The molecule has 0 fully saturated rings. The second-order valence-corrected chi connectivity index (χ2v) is 11.8. The number of carbonyl (C=O) groups excluding carboxylic acids is 1. The second-order valence-electron chi connectivity index (χ2n) is 10.7. The quantitative estimate of drug-likeness (QED) is 0.183. The Bertz CT molecular complexity index is 1650. The number of fused-ring (bicyclic) bond motifs is 1. The molecule has 0 radical (unpaired) electrons. The molecule has 1 unspecified atom stereocenters. The highest BCUT2D eigenvalue weighted by Crippen LogP contribution is 2.37. The van der Waals surface area contributed by atoms with E-state index in [0.29, 0.717) is 22.7 Å². The van der Waals surface area contributed by atoms with E-state index in [1.807, 2.05) is 91.9 Å². The fourth-order valence-corrected chi connectivity index (χ4v) is 5.10. The highest BCUT2D eigenvalue weighted by Gasteiger charge is 2.18. The van der Waals surface area contributed by atoms with Gasteiger partial charge in [0, 0.05) is 32.2 Å². The first-order valence-electron chi connectivity index (χ1n) is 13.1. The molecule has 1 atom stereocenters. The maximum atomic E-state index is 13.3. The van der Waals surface area contributed by atoms with Crippen molar-refractivity contribution in [2.75, 3.05) is 11.1 Å². The van der Waals surface area contributed by atoms with Gasteiger partial charge in [0.1, 0.15) is 12.1 Å². The smallest absolute Gasteiger partial charge is 0.251 e. The maximum absolute atomic E-state index is 13.3. The second kappa shape index (κ2) is 11.4. The molecule has 4 N–H and O–H groups in total. The predicted octanol–water partition coefficient (Wildman–Crippen LogP) is 7.29. The number of nitrogens with one attached hydrogen (secondary N) is 2. The molecule has 0 aliphatic rings. The molecule has 8 heteroatoms. The molecule has 0 bridgehead atoms. The van der Waals surface area contributed by atoms with E-state index in [-0.39, 0.29) is 17.4 Å². The van der Waals surface area contributed by atoms with Crippen LogP contribution in [0.4, 0.5) is 17.2 Å². The summed E-state index contributed by atoms with van der Waals surface area (Å²) in [6, 6.07) is 27.1. The van der Waals surface area contributed by atoms with Crippen LogP contribution in [-0.2, 0) is 5.41 Å². The average molecular weight is 549 g/mol. The molecular formula is C32H32N6OS. The molecule has 1 amide bonds. The summed E-state index contributed by atoms with van der Waals surface area (Å²) in [5.74, 6) is 0.458. The molecule has 0 saturated carbocycles. The summed E-state index contributed by atoms with van der Waals surface area (Å²) < 4.78 is 0. The SMILES string of the molecule is CC(NC(=O)c1ccc(Sc2ccc(N)cc2)c(Nc2ncnc3nc(C(C)(C)C)ccc23)c1)c1ccccc1. The molecule has 0 aliphatic carbocycles. The minimum absolute atomic E-state index is 0.103. The predicted molar refractivity (Wildman–Crippen MR) is 163 cm³/mol. The number of nitrogen functional groups attached to an aromatic ring is 1. The summed E-state index contributed by atoms with van der Waals surface area (Å²) in [6.07, 6.45) is 1.51. The molecule has 2 heterocycles. The van der Waals surface area contributed by atoms with Crippen molar-refractivity contribution in [1.82, 2.24) is 20.3 Å². The summed E-state index contributed by atoms with van der Waals surface area (Å²) in [4.78, 5) is 29.0. The van der Waals surface area contributed by atoms with Crippen molar-refractivity contribution in [3.63, 3.8) is 0 Å². The van der Waals surface area contributed by atoms with E-state index in [4.69, 9.17) is 10.7 Å². The number of anilines is 3. The van der Waals surface area contributed by atoms with Gasteiger partial charge in [-0.1, -0.05) is 62.9 Å². The Balaban J connectivity index is 1.50. The van der Waals surface area contributed by atoms with Crippen LogP contribution in [0.15, 0.2) is 101 Å². The van der Waals surface area contributed by atoms with Crippen LogP contribution in [0.3, 0.4) is 0 Å². The van der Waals surface area contributed by atoms with Crippen molar-refractivity contribution in [3.05, 3.63) is 108 Å². The van der Waals surface area contributed by atoms with Gasteiger partial charge in [-0.3, -0.25) is 4.79 Å². The molecule has 0 spiro atoms.